The molecule has 7 heteroatoms. The van der Waals surface area contributed by atoms with Gasteiger partial charge in [-0.15, -0.1) is 11.8 Å². The van der Waals surface area contributed by atoms with Crippen LogP contribution in [0.5, 0.6) is 11.5 Å². The van der Waals surface area contributed by atoms with Gasteiger partial charge in [0.2, 0.25) is 11.8 Å². The average molecular weight is 401 g/mol. The van der Waals surface area contributed by atoms with E-state index < -0.39 is 0 Å². The van der Waals surface area contributed by atoms with Crippen LogP contribution in [0.4, 0.5) is 11.4 Å². The molecular formula is C21H24N2O4S. The number of nitrogens with one attached hydrogen (secondary N) is 2. The van der Waals surface area contributed by atoms with E-state index in [1.54, 1.807) is 32.4 Å². The van der Waals surface area contributed by atoms with E-state index in [1.807, 2.05) is 31.2 Å². The third-order valence-electron chi connectivity index (χ3n) is 4.35. The summed E-state index contributed by atoms with van der Waals surface area (Å²) in [6.07, 6.45) is 1.93. The molecule has 0 radical (unpaired) electrons. The van der Waals surface area contributed by atoms with Gasteiger partial charge in [-0.05, 0) is 38.0 Å². The molecule has 0 heterocycles. The molecule has 2 amide bonds. The van der Waals surface area contributed by atoms with Crippen molar-refractivity contribution >= 4 is 35.0 Å². The van der Waals surface area contributed by atoms with Gasteiger partial charge >= 0.3 is 0 Å². The predicted molar refractivity (Wildman–Crippen MR) is 111 cm³/mol. The first-order valence-corrected chi connectivity index (χ1v) is 9.98. The quantitative estimate of drug-likeness (QED) is 0.651. The molecule has 1 aliphatic carbocycles. The summed E-state index contributed by atoms with van der Waals surface area (Å²) in [5.41, 5.74) is 1.37. The lowest BCUT2D eigenvalue weighted by Gasteiger charge is -2.14. The number of rotatable bonds is 8. The average Bonchev–Trinajstić information content (AvgIpc) is 3.53. The summed E-state index contributed by atoms with van der Waals surface area (Å²) in [5.74, 6) is 1.30. The minimum absolute atomic E-state index is 0.0694. The molecule has 0 aliphatic heterocycles. The van der Waals surface area contributed by atoms with Gasteiger partial charge in [-0.25, -0.2) is 0 Å². The van der Waals surface area contributed by atoms with Gasteiger partial charge in [0.1, 0.15) is 11.5 Å². The zero-order valence-corrected chi connectivity index (χ0v) is 17.0. The normalized spacial score (nSPS) is 14.1. The highest BCUT2D eigenvalue weighted by Crippen LogP contribution is 2.32. The van der Waals surface area contributed by atoms with Crippen LogP contribution in [0.2, 0.25) is 0 Å². The molecule has 1 fully saturated rings. The number of thioether (sulfide) groups is 1. The fourth-order valence-electron chi connectivity index (χ4n) is 2.62. The van der Waals surface area contributed by atoms with Crippen LogP contribution in [-0.4, -0.2) is 31.3 Å². The summed E-state index contributed by atoms with van der Waals surface area (Å²) in [5, 5.41) is 5.50. The van der Waals surface area contributed by atoms with Crippen molar-refractivity contribution < 1.29 is 19.1 Å². The SMILES string of the molecule is COc1cc(NC(=O)C(C)Sc2cccc(NC(=O)C3CC3)c2)cc(OC)c1. The highest BCUT2D eigenvalue weighted by molar-refractivity contribution is 8.00. The topological polar surface area (TPSA) is 76.7 Å². The van der Waals surface area contributed by atoms with E-state index in [0.29, 0.717) is 17.2 Å². The molecule has 1 unspecified atom stereocenters. The second-order valence-electron chi connectivity index (χ2n) is 6.64. The second kappa shape index (κ2) is 9.01. The van der Waals surface area contributed by atoms with Gasteiger partial charge in [0, 0.05) is 40.4 Å². The van der Waals surface area contributed by atoms with Gasteiger partial charge in [-0.2, -0.15) is 0 Å². The molecule has 0 aromatic heterocycles. The number of benzene rings is 2. The highest BCUT2D eigenvalue weighted by Gasteiger charge is 2.29. The number of amides is 2. The lowest BCUT2D eigenvalue weighted by molar-refractivity contribution is -0.117. The predicted octanol–water partition coefficient (Wildman–Crippen LogP) is 4.17. The third kappa shape index (κ3) is 5.42. The summed E-state index contributed by atoms with van der Waals surface area (Å²) in [6, 6.07) is 12.8. The van der Waals surface area contributed by atoms with E-state index in [9.17, 15) is 9.59 Å². The number of carbonyl (C=O) groups is 2. The lowest BCUT2D eigenvalue weighted by Crippen LogP contribution is -2.22. The molecule has 0 spiro atoms. The highest BCUT2D eigenvalue weighted by atomic mass is 32.2. The fraction of sp³-hybridized carbons (Fsp3) is 0.333. The van der Waals surface area contributed by atoms with Crippen LogP contribution in [0.25, 0.3) is 0 Å². The number of hydrogen-bond acceptors (Lipinski definition) is 5. The Morgan fingerprint density at radius 2 is 1.68 bits per heavy atom. The maximum Gasteiger partial charge on any atom is 0.237 e. The summed E-state index contributed by atoms with van der Waals surface area (Å²) < 4.78 is 10.5. The van der Waals surface area contributed by atoms with Crippen molar-refractivity contribution in [3.63, 3.8) is 0 Å². The van der Waals surface area contributed by atoms with Crippen molar-refractivity contribution in [2.75, 3.05) is 24.9 Å². The van der Waals surface area contributed by atoms with Crippen molar-refractivity contribution in [3.05, 3.63) is 42.5 Å². The van der Waals surface area contributed by atoms with Crippen LogP contribution in [0.3, 0.4) is 0 Å². The maximum absolute atomic E-state index is 12.6. The second-order valence-corrected chi connectivity index (χ2v) is 8.06. The number of methoxy groups -OCH3 is 2. The van der Waals surface area contributed by atoms with Crippen molar-refractivity contribution in [2.24, 2.45) is 5.92 Å². The zero-order valence-electron chi connectivity index (χ0n) is 16.2. The van der Waals surface area contributed by atoms with Gasteiger partial charge in [-0.1, -0.05) is 6.07 Å². The number of ether oxygens (including phenoxy) is 2. The Morgan fingerprint density at radius 1 is 1.00 bits per heavy atom. The van der Waals surface area contributed by atoms with Crippen LogP contribution >= 0.6 is 11.8 Å². The zero-order chi connectivity index (χ0) is 20.1. The van der Waals surface area contributed by atoms with Crippen LogP contribution < -0.4 is 20.1 Å². The standard InChI is InChI=1S/C21H24N2O4S/c1-13(20(24)23-16-9-17(26-2)12-18(10-16)27-3)28-19-6-4-5-15(11-19)22-21(25)14-7-8-14/h4-6,9-14H,7-8H2,1-3H3,(H,22,25)(H,23,24). The van der Waals surface area contributed by atoms with Crippen molar-refractivity contribution in [3.8, 4) is 11.5 Å². The first-order chi connectivity index (χ1) is 13.5. The first kappa shape index (κ1) is 20.1. The van der Waals surface area contributed by atoms with E-state index in [-0.39, 0.29) is 23.0 Å². The number of hydrogen-bond donors (Lipinski definition) is 2. The Bertz CT molecular complexity index is 845. The molecule has 6 nitrogen and oxygen atoms in total. The van der Waals surface area contributed by atoms with E-state index in [4.69, 9.17) is 9.47 Å². The Kier molecular flexibility index (Phi) is 6.46. The number of carbonyl (C=O) groups excluding carboxylic acids is 2. The van der Waals surface area contributed by atoms with Crippen molar-refractivity contribution in [1.29, 1.82) is 0 Å². The maximum atomic E-state index is 12.6. The van der Waals surface area contributed by atoms with Gasteiger partial charge < -0.3 is 20.1 Å². The molecule has 28 heavy (non-hydrogen) atoms. The Hall–Kier alpha value is -2.67. The monoisotopic (exact) mass is 400 g/mol. The number of anilines is 2. The molecule has 3 rings (SSSR count). The van der Waals surface area contributed by atoms with E-state index >= 15 is 0 Å². The summed E-state index contributed by atoms with van der Waals surface area (Å²) in [4.78, 5) is 25.4. The molecule has 2 aromatic rings. The smallest absolute Gasteiger partial charge is 0.237 e. The minimum atomic E-state index is -0.327. The van der Waals surface area contributed by atoms with Gasteiger partial charge in [0.05, 0.1) is 19.5 Å². The Labute approximate surface area is 169 Å². The summed E-state index contributed by atoms with van der Waals surface area (Å²) >= 11 is 1.43. The van der Waals surface area contributed by atoms with Gasteiger partial charge in [-0.3, -0.25) is 9.59 Å². The van der Waals surface area contributed by atoms with Crippen LogP contribution in [0, 0.1) is 5.92 Å². The van der Waals surface area contributed by atoms with Gasteiger partial charge in [0.25, 0.3) is 0 Å². The lowest BCUT2D eigenvalue weighted by atomic mass is 10.2. The van der Waals surface area contributed by atoms with Crippen molar-refractivity contribution in [2.45, 2.75) is 29.9 Å². The minimum Gasteiger partial charge on any atom is -0.497 e. The van der Waals surface area contributed by atoms with Crippen LogP contribution in [0.15, 0.2) is 47.4 Å². The third-order valence-corrected chi connectivity index (χ3v) is 5.44. The Morgan fingerprint density at radius 3 is 2.29 bits per heavy atom. The molecule has 1 atom stereocenters. The molecule has 2 aromatic carbocycles. The van der Waals surface area contributed by atoms with Crippen LogP contribution in [0.1, 0.15) is 19.8 Å². The molecule has 1 saturated carbocycles. The molecule has 0 bridgehead atoms. The molecule has 148 valence electrons. The van der Waals surface area contributed by atoms with Gasteiger partial charge in [0.15, 0.2) is 0 Å². The Balaban J connectivity index is 1.61. The van der Waals surface area contributed by atoms with E-state index in [1.165, 1.54) is 11.8 Å². The fourth-order valence-corrected chi connectivity index (χ4v) is 3.54. The van der Waals surface area contributed by atoms with E-state index in [0.717, 1.165) is 23.4 Å². The van der Waals surface area contributed by atoms with Crippen LogP contribution in [-0.2, 0) is 9.59 Å². The molecular weight excluding hydrogens is 376 g/mol. The van der Waals surface area contributed by atoms with Crippen molar-refractivity contribution in [1.82, 2.24) is 0 Å². The first-order valence-electron chi connectivity index (χ1n) is 9.10. The summed E-state index contributed by atoms with van der Waals surface area (Å²) in [7, 11) is 3.13. The molecule has 2 N–H and O–H groups in total. The largest absolute Gasteiger partial charge is 0.497 e. The molecule has 0 saturated heterocycles. The van der Waals surface area contributed by atoms with E-state index in [2.05, 4.69) is 10.6 Å². The summed E-state index contributed by atoms with van der Waals surface area (Å²) in [6.45, 7) is 1.84. The molecule has 1 aliphatic rings.